The SMILES string of the molecule is CC(=O)OC(OC(C)=O)[C@@]12C(=O)O[C@@]3(C[C@H](C)CC[C@H]3C(C)C)O[C@@H]1[C@@H]1C[C@@H](O[Si](C)(C)C(C)(C)C)C[C@@H]12. The average Bonchev–Trinajstić information content (AvgIpc) is 3.09. The smallest absolute Gasteiger partial charge is 0.325 e. The van der Waals surface area contributed by atoms with Crippen molar-refractivity contribution in [1.29, 1.82) is 0 Å². The van der Waals surface area contributed by atoms with Crippen molar-refractivity contribution in [2.75, 3.05) is 0 Å². The van der Waals surface area contributed by atoms with E-state index in [1.165, 1.54) is 13.8 Å². The zero-order valence-corrected chi connectivity index (χ0v) is 25.9. The minimum atomic E-state index is -2.07. The highest BCUT2D eigenvalue weighted by Crippen LogP contribution is 2.68. The summed E-state index contributed by atoms with van der Waals surface area (Å²) in [7, 11) is -2.07. The van der Waals surface area contributed by atoms with Crippen molar-refractivity contribution in [1.82, 2.24) is 0 Å². The molecule has 1 aliphatic heterocycles. The summed E-state index contributed by atoms with van der Waals surface area (Å²) in [5.74, 6) is -2.32. The molecule has 1 heterocycles. The van der Waals surface area contributed by atoms with Gasteiger partial charge < -0.3 is 23.4 Å². The third-order valence-corrected chi connectivity index (χ3v) is 14.7. The van der Waals surface area contributed by atoms with Gasteiger partial charge in [-0.15, -0.1) is 0 Å². The van der Waals surface area contributed by atoms with Gasteiger partial charge >= 0.3 is 17.9 Å². The summed E-state index contributed by atoms with van der Waals surface area (Å²) in [5.41, 5.74) is -1.40. The number of rotatable bonds is 6. The van der Waals surface area contributed by atoms with Crippen LogP contribution in [0.4, 0.5) is 0 Å². The van der Waals surface area contributed by atoms with Crippen molar-refractivity contribution in [2.45, 2.75) is 130 Å². The van der Waals surface area contributed by atoms with E-state index < -0.39 is 49.8 Å². The first-order valence-electron chi connectivity index (χ1n) is 14.4. The molecule has 8 nitrogen and oxygen atoms in total. The Morgan fingerprint density at radius 1 is 1.05 bits per heavy atom. The summed E-state index contributed by atoms with van der Waals surface area (Å²) in [4.78, 5) is 38.6. The lowest BCUT2D eigenvalue weighted by molar-refractivity contribution is -0.404. The van der Waals surface area contributed by atoms with Gasteiger partial charge in [-0.3, -0.25) is 14.4 Å². The number of esters is 3. The molecule has 4 rings (SSSR count). The Kier molecular flexibility index (Phi) is 7.67. The van der Waals surface area contributed by atoms with Gasteiger partial charge in [-0.2, -0.15) is 0 Å². The van der Waals surface area contributed by atoms with Crippen LogP contribution in [0.5, 0.6) is 0 Å². The van der Waals surface area contributed by atoms with Crippen LogP contribution in [0.15, 0.2) is 0 Å². The number of ether oxygens (including phenoxy) is 4. The topological polar surface area (TPSA) is 97.4 Å². The van der Waals surface area contributed by atoms with Crippen molar-refractivity contribution >= 4 is 26.2 Å². The summed E-state index contributed by atoms with van der Waals surface area (Å²) >= 11 is 0. The lowest BCUT2D eigenvalue weighted by atomic mass is 9.51. The maximum Gasteiger partial charge on any atom is 0.325 e. The van der Waals surface area contributed by atoms with E-state index in [9.17, 15) is 14.4 Å². The molecule has 0 bridgehead atoms. The largest absolute Gasteiger partial charge is 0.432 e. The molecule has 4 aliphatic rings. The summed E-state index contributed by atoms with van der Waals surface area (Å²) in [6.07, 6.45) is 1.90. The first-order valence-corrected chi connectivity index (χ1v) is 17.3. The standard InChI is InChI=1S/C29H48O8Si/c1-16(2)22-12-11-17(3)15-28(22)35-24-21-13-20(37-38(9,10)27(6,7)8)14-23(21)29(24,25(32)36-28)26(33-18(4)30)34-19(5)31/h16-17,20-24,26H,11-15H2,1-10H3/t17-,20-,21-,22+,23+,24-,28-,29-/m1/s1. The second-order valence-electron chi connectivity index (χ2n) is 14.2. The number of carbonyl (C=O) groups excluding carboxylic acids is 3. The van der Waals surface area contributed by atoms with Crippen LogP contribution in [0, 0.1) is 35.0 Å². The van der Waals surface area contributed by atoms with Gasteiger partial charge in [0.25, 0.3) is 6.29 Å². The molecule has 0 aromatic heterocycles. The molecule has 1 spiro atoms. The summed E-state index contributed by atoms with van der Waals surface area (Å²) in [6.45, 7) is 20.1. The van der Waals surface area contributed by atoms with Crippen LogP contribution in [0.3, 0.4) is 0 Å². The summed E-state index contributed by atoms with van der Waals surface area (Å²) in [5, 5.41) is 0.0410. The van der Waals surface area contributed by atoms with E-state index >= 15 is 0 Å². The molecular weight excluding hydrogens is 504 g/mol. The van der Waals surface area contributed by atoms with Crippen molar-refractivity contribution in [3.63, 3.8) is 0 Å². The van der Waals surface area contributed by atoms with Crippen LogP contribution in [0.1, 0.15) is 87.5 Å². The Labute approximate surface area is 228 Å². The van der Waals surface area contributed by atoms with E-state index in [1.54, 1.807) is 0 Å². The van der Waals surface area contributed by atoms with Crippen LogP contribution in [0.25, 0.3) is 0 Å². The van der Waals surface area contributed by atoms with Gasteiger partial charge in [0.05, 0.1) is 6.10 Å². The number of hydrogen-bond acceptors (Lipinski definition) is 8. The molecule has 38 heavy (non-hydrogen) atoms. The molecule has 4 fully saturated rings. The van der Waals surface area contributed by atoms with Gasteiger partial charge in [-0.25, -0.2) is 0 Å². The Morgan fingerprint density at radius 3 is 2.18 bits per heavy atom. The molecule has 216 valence electrons. The monoisotopic (exact) mass is 552 g/mol. The molecular formula is C29H48O8Si. The van der Waals surface area contributed by atoms with Crippen molar-refractivity contribution < 1.29 is 37.8 Å². The fourth-order valence-electron chi connectivity index (χ4n) is 7.42. The Balaban J connectivity index is 1.74. The Morgan fingerprint density at radius 2 is 1.66 bits per heavy atom. The maximum absolute atomic E-state index is 14.3. The summed E-state index contributed by atoms with van der Waals surface area (Å²) in [6, 6.07) is 0. The minimum absolute atomic E-state index is 0.0214. The molecule has 0 aromatic carbocycles. The van der Waals surface area contributed by atoms with Crippen LogP contribution in [-0.2, 0) is 37.8 Å². The minimum Gasteiger partial charge on any atom is -0.432 e. The van der Waals surface area contributed by atoms with Gasteiger partial charge in [0.1, 0.15) is 0 Å². The van der Waals surface area contributed by atoms with Crippen LogP contribution >= 0.6 is 0 Å². The van der Waals surface area contributed by atoms with Gasteiger partial charge in [0.15, 0.2) is 13.7 Å². The highest BCUT2D eigenvalue weighted by molar-refractivity contribution is 6.74. The van der Waals surface area contributed by atoms with E-state index in [-0.39, 0.29) is 34.8 Å². The van der Waals surface area contributed by atoms with Crippen LogP contribution in [0.2, 0.25) is 18.1 Å². The van der Waals surface area contributed by atoms with E-state index in [2.05, 4.69) is 54.6 Å². The number of fused-ring (bicyclic) bond motifs is 4. The fourth-order valence-corrected chi connectivity index (χ4v) is 8.80. The second kappa shape index (κ2) is 9.87. The molecule has 3 aliphatic carbocycles. The van der Waals surface area contributed by atoms with Crippen molar-refractivity contribution in [3.8, 4) is 0 Å². The first kappa shape index (κ1) is 29.5. The van der Waals surface area contributed by atoms with E-state index in [0.717, 1.165) is 19.3 Å². The van der Waals surface area contributed by atoms with E-state index in [1.807, 2.05) is 0 Å². The fraction of sp³-hybridized carbons (Fsp3) is 0.897. The first-order chi connectivity index (χ1) is 17.4. The van der Waals surface area contributed by atoms with Gasteiger partial charge in [0, 0.05) is 32.3 Å². The zero-order chi connectivity index (χ0) is 28.4. The van der Waals surface area contributed by atoms with Crippen molar-refractivity contribution in [2.24, 2.45) is 35.0 Å². The lowest BCUT2D eigenvalue weighted by Crippen LogP contribution is -2.77. The Bertz CT molecular complexity index is 941. The van der Waals surface area contributed by atoms with Crippen LogP contribution in [-0.4, -0.2) is 50.5 Å². The Hall–Kier alpha value is -1.45. The zero-order valence-electron chi connectivity index (χ0n) is 24.9. The molecule has 9 heteroatoms. The highest BCUT2D eigenvalue weighted by Gasteiger charge is 2.80. The van der Waals surface area contributed by atoms with Gasteiger partial charge in [-0.05, 0) is 67.5 Å². The molecule has 0 aromatic rings. The molecule has 8 atom stereocenters. The van der Waals surface area contributed by atoms with Gasteiger partial charge in [0.2, 0.25) is 5.79 Å². The second-order valence-corrected chi connectivity index (χ2v) is 19.0. The molecule has 0 unspecified atom stereocenters. The normalized spacial score (nSPS) is 38.9. The highest BCUT2D eigenvalue weighted by atomic mass is 28.4. The summed E-state index contributed by atoms with van der Waals surface area (Å²) < 4.78 is 31.3. The molecule has 0 radical (unpaired) electrons. The third kappa shape index (κ3) is 4.74. The number of hydrogen-bond donors (Lipinski definition) is 0. The maximum atomic E-state index is 14.3. The van der Waals surface area contributed by atoms with Crippen LogP contribution < -0.4 is 0 Å². The number of carbonyl (C=O) groups is 3. The molecule has 3 saturated carbocycles. The van der Waals surface area contributed by atoms with E-state index in [0.29, 0.717) is 18.8 Å². The predicted octanol–water partition coefficient (Wildman–Crippen LogP) is 5.59. The lowest BCUT2D eigenvalue weighted by Gasteiger charge is -2.64. The predicted molar refractivity (Wildman–Crippen MR) is 143 cm³/mol. The third-order valence-electron chi connectivity index (χ3n) is 10.2. The molecule has 1 saturated heterocycles. The van der Waals surface area contributed by atoms with Crippen molar-refractivity contribution in [3.05, 3.63) is 0 Å². The average molecular weight is 553 g/mol. The quantitative estimate of drug-likeness (QED) is 0.239. The molecule has 0 amide bonds. The van der Waals surface area contributed by atoms with E-state index in [4.69, 9.17) is 23.4 Å². The van der Waals surface area contributed by atoms with Gasteiger partial charge in [-0.1, -0.05) is 41.5 Å². The molecule has 0 N–H and O–H groups in total.